The maximum absolute atomic E-state index is 13.9. The molecule has 1 saturated heterocycles. The zero-order valence-corrected chi connectivity index (χ0v) is 10.1. The van der Waals surface area contributed by atoms with Gasteiger partial charge in [0.25, 0.3) is 0 Å². The summed E-state index contributed by atoms with van der Waals surface area (Å²) in [6.07, 6.45) is 0. The molecule has 0 amide bonds. The van der Waals surface area contributed by atoms with E-state index in [4.69, 9.17) is 0 Å². The third-order valence-electron chi connectivity index (χ3n) is 3.58. The van der Waals surface area contributed by atoms with Gasteiger partial charge in [0.1, 0.15) is 5.82 Å². The smallest absolute Gasteiger partial charge is 0.128 e. The Kier molecular flexibility index (Phi) is 3.76. The summed E-state index contributed by atoms with van der Waals surface area (Å²) < 4.78 is 13.9. The highest BCUT2D eigenvalue weighted by molar-refractivity contribution is 5.26. The molecular formula is C13H19FN2O. The lowest BCUT2D eigenvalue weighted by molar-refractivity contribution is 0.0286. The summed E-state index contributed by atoms with van der Waals surface area (Å²) in [7, 11) is 0. The van der Waals surface area contributed by atoms with Gasteiger partial charge in [0.15, 0.2) is 0 Å². The second kappa shape index (κ2) is 5.12. The summed E-state index contributed by atoms with van der Waals surface area (Å²) in [6.45, 7) is 5.23. The molecule has 2 rings (SSSR count). The predicted molar refractivity (Wildman–Crippen MR) is 65.3 cm³/mol. The molecule has 1 unspecified atom stereocenters. The average molecular weight is 238 g/mol. The molecule has 1 heterocycles. The van der Waals surface area contributed by atoms with E-state index >= 15 is 0 Å². The molecule has 0 aliphatic carbocycles. The van der Waals surface area contributed by atoms with Crippen molar-refractivity contribution in [1.29, 1.82) is 0 Å². The average Bonchev–Trinajstić information content (AvgIpc) is 2.39. The Morgan fingerprint density at radius 2 is 2.00 bits per heavy atom. The van der Waals surface area contributed by atoms with E-state index in [9.17, 15) is 9.50 Å². The molecule has 0 spiro atoms. The fourth-order valence-corrected chi connectivity index (χ4v) is 2.41. The summed E-state index contributed by atoms with van der Waals surface area (Å²) in [4.78, 5) is 2.14. The Morgan fingerprint density at radius 3 is 2.59 bits per heavy atom. The molecule has 3 nitrogen and oxygen atoms in total. The van der Waals surface area contributed by atoms with Crippen molar-refractivity contribution >= 4 is 0 Å². The molecule has 0 bridgehead atoms. The molecule has 2 N–H and O–H groups in total. The second-order valence-electron chi connectivity index (χ2n) is 4.65. The topological polar surface area (TPSA) is 35.5 Å². The molecule has 1 aromatic rings. The molecule has 1 atom stereocenters. The van der Waals surface area contributed by atoms with Crippen LogP contribution in [-0.4, -0.2) is 42.8 Å². The number of piperazine rings is 1. The van der Waals surface area contributed by atoms with Crippen LogP contribution in [0.5, 0.6) is 0 Å². The monoisotopic (exact) mass is 238 g/mol. The van der Waals surface area contributed by atoms with Crippen molar-refractivity contribution in [3.05, 3.63) is 35.6 Å². The Labute approximate surface area is 101 Å². The van der Waals surface area contributed by atoms with Crippen LogP contribution in [0.3, 0.4) is 0 Å². The number of halogens is 1. The van der Waals surface area contributed by atoms with Crippen molar-refractivity contribution in [2.45, 2.75) is 12.5 Å². The van der Waals surface area contributed by atoms with Crippen molar-refractivity contribution in [1.82, 2.24) is 10.2 Å². The number of hydrogen-bond acceptors (Lipinski definition) is 3. The van der Waals surface area contributed by atoms with Crippen molar-refractivity contribution in [2.24, 2.45) is 0 Å². The van der Waals surface area contributed by atoms with Gasteiger partial charge in [-0.15, -0.1) is 0 Å². The maximum atomic E-state index is 13.9. The van der Waals surface area contributed by atoms with Gasteiger partial charge in [-0.3, -0.25) is 4.90 Å². The van der Waals surface area contributed by atoms with E-state index < -0.39 is 5.54 Å². The highest BCUT2D eigenvalue weighted by atomic mass is 19.1. The summed E-state index contributed by atoms with van der Waals surface area (Å²) in [5.41, 5.74) is -0.0580. The SMILES string of the molecule is CC(CO)(c1ccccc1F)N1CCNCC1. The molecule has 0 aromatic heterocycles. The lowest BCUT2D eigenvalue weighted by Crippen LogP contribution is -2.55. The zero-order chi connectivity index (χ0) is 12.3. The molecule has 0 saturated carbocycles. The van der Waals surface area contributed by atoms with Crippen LogP contribution in [0.15, 0.2) is 24.3 Å². The summed E-state index contributed by atoms with van der Waals surface area (Å²) in [6, 6.07) is 6.70. The standard InChI is InChI=1S/C13H19FN2O/c1-13(10-17,16-8-6-15-7-9-16)11-4-2-3-5-12(11)14/h2-5,15,17H,6-10H2,1H3. The minimum absolute atomic E-state index is 0.0755. The Bertz CT molecular complexity index is 379. The molecule has 1 fully saturated rings. The van der Waals surface area contributed by atoms with E-state index in [1.807, 2.05) is 13.0 Å². The largest absolute Gasteiger partial charge is 0.394 e. The number of aliphatic hydroxyl groups excluding tert-OH is 1. The van der Waals surface area contributed by atoms with Crippen LogP contribution in [0.4, 0.5) is 4.39 Å². The van der Waals surface area contributed by atoms with E-state index in [0.29, 0.717) is 5.56 Å². The fraction of sp³-hybridized carbons (Fsp3) is 0.538. The Hall–Kier alpha value is -0.970. The van der Waals surface area contributed by atoms with E-state index in [1.54, 1.807) is 12.1 Å². The lowest BCUT2D eigenvalue weighted by Gasteiger charge is -2.42. The third-order valence-corrected chi connectivity index (χ3v) is 3.58. The molecule has 94 valence electrons. The number of nitrogens with one attached hydrogen (secondary N) is 1. The third kappa shape index (κ3) is 2.34. The van der Waals surface area contributed by atoms with Gasteiger partial charge in [-0.05, 0) is 13.0 Å². The molecule has 17 heavy (non-hydrogen) atoms. The molecular weight excluding hydrogens is 219 g/mol. The first kappa shape index (κ1) is 12.5. The molecule has 1 aromatic carbocycles. The minimum Gasteiger partial charge on any atom is -0.394 e. The van der Waals surface area contributed by atoms with Crippen LogP contribution in [0.25, 0.3) is 0 Å². The van der Waals surface area contributed by atoms with Gasteiger partial charge in [0.05, 0.1) is 12.1 Å². The van der Waals surface area contributed by atoms with Crippen LogP contribution < -0.4 is 5.32 Å². The predicted octanol–water partition coefficient (Wildman–Crippen LogP) is 0.938. The molecule has 0 radical (unpaired) electrons. The minimum atomic E-state index is -0.632. The number of nitrogens with zero attached hydrogens (tertiary/aromatic N) is 1. The van der Waals surface area contributed by atoms with Crippen LogP contribution in [-0.2, 0) is 5.54 Å². The van der Waals surface area contributed by atoms with E-state index in [-0.39, 0.29) is 12.4 Å². The lowest BCUT2D eigenvalue weighted by atomic mass is 9.89. The fourth-order valence-electron chi connectivity index (χ4n) is 2.41. The number of aliphatic hydroxyl groups is 1. The zero-order valence-electron chi connectivity index (χ0n) is 10.1. The van der Waals surface area contributed by atoms with Gasteiger partial charge >= 0.3 is 0 Å². The van der Waals surface area contributed by atoms with Gasteiger partial charge in [-0.1, -0.05) is 18.2 Å². The van der Waals surface area contributed by atoms with Crippen molar-refractivity contribution < 1.29 is 9.50 Å². The normalized spacial score (nSPS) is 21.1. The van der Waals surface area contributed by atoms with Crippen LogP contribution in [0, 0.1) is 5.82 Å². The van der Waals surface area contributed by atoms with Crippen LogP contribution >= 0.6 is 0 Å². The molecule has 1 aliphatic rings. The first-order chi connectivity index (χ1) is 8.18. The first-order valence-electron chi connectivity index (χ1n) is 6.00. The van der Waals surface area contributed by atoms with Crippen molar-refractivity contribution in [3.8, 4) is 0 Å². The van der Waals surface area contributed by atoms with Gasteiger partial charge in [0.2, 0.25) is 0 Å². The number of rotatable bonds is 3. The van der Waals surface area contributed by atoms with Gasteiger partial charge < -0.3 is 10.4 Å². The van der Waals surface area contributed by atoms with Gasteiger partial charge in [0, 0.05) is 31.7 Å². The first-order valence-corrected chi connectivity index (χ1v) is 6.00. The van der Waals surface area contributed by atoms with Crippen LogP contribution in [0.2, 0.25) is 0 Å². The number of benzene rings is 1. The van der Waals surface area contributed by atoms with E-state index in [2.05, 4.69) is 10.2 Å². The van der Waals surface area contributed by atoms with Crippen LogP contribution in [0.1, 0.15) is 12.5 Å². The summed E-state index contributed by atoms with van der Waals surface area (Å²) >= 11 is 0. The van der Waals surface area contributed by atoms with Crippen molar-refractivity contribution in [3.63, 3.8) is 0 Å². The quantitative estimate of drug-likeness (QED) is 0.822. The van der Waals surface area contributed by atoms with Crippen molar-refractivity contribution in [2.75, 3.05) is 32.8 Å². The highest BCUT2D eigenvalue weighted by Crippen LogP contribution is 2.29. The number of hydrogen-bond donors (Lipinski definition) is 2. The van der Waals surface area contributed by atoms with E-state index in [0.717, 1.165) is 26.2 Å². The Balaban J connectivity index is 2.32. The maximum Gasteiger partial charge on any atom is 0.128 e. The Morgan fingerprint density at radius 1 is 1.35 bits per heavy atom. The molecule has 1 aliphatic heterocycles. The van der Waals surface area contributed by atoms with Gasteiger partial charge in [-0.25, -0.2) is 4.39 Å². The molecule has 4 heteroatoms. The van der Waals surface area contributed by atoms with E-state index in [1.165, 1.54) is 6.07 Å². The summed E-state index contributed by atoms with van der Waals surface area (Å²) in [5, 5.41) is 12.9. The highest BCUT2D eigenvalue weighted by Gasteiger charge is 2.35. The van der Waals surface area contributed by atoms with Gasteiger partial charge in [-0.2, -0.15) is 0 Å². The second-order valence-corrected chi connectivity index (χ2v) is 4.65. The summed E-state index contributed by atoms with van der Waals surface area (Å²) in [5.74, 6) is -0.248.